The number of rotatable bonds is 2. The molecule has 0 aliphatic heterocycles. The van der Waals surface area contributed by atoms with Gasteiger partial charge in [-0.2, -0.15) is 0 Å². The minimum Gasteiger partial charge on any atom is -0.241 e. The van der Waals surface area contributed by atoms with Gasteiger partial charge >= 0.3 is 5.97 Å². The summed E-state index contributed by atoms with van der Waals surface area (Å²) < 4.78 is -0.154. The zero-order valence-electron chi connectivity index (χ0n) is 5.96. The van der Waals surface area contributed by atoms with Gasteiger partial charge in [0.25, 0.3) is 0 Å². The molecule has 0 saturated heterocycles. The summed E-state index contributed by atoms with van der Waals surface area (Å²) in [6.07, 6.45) is 0. The van der Waals surface area contributed by atoms with Crippen LogP contribution in [-0.4, -0.2) is 5.97 Å². The van der Waals surface area contributed by atoms with E-state index in [-0.39, 0.29) is 9.30 Å². The maximum atomic E-state index is 10.6. The van der Waals surface area contributed by atoms with Crippen molar-refractivity contribution in [2.24, 2.45) is 0 Å². The number of hydrogen-bond acceptors (Lipinski definition) is 1. The van der Waals surface area contributed by atoms with E-state index in [1.807, 2.05) is 0 Å². The molecule has 2 nitrogen and oxygen atoms in total. The summed E-state index contributed by atoms with van der Waals surface area (Å²) in [5.41, 5.74) is 0.869. The molecule has 0 aliphatic rings. The Morgan fingerprint density at radius 3 is 2.25 bits per heavy atom. The third-order valence-electron chi connectivity index (χ3n) is 1.42. The molecule has 1 rings (SSSR count). The molecule has 1 aromatic rings. The second kappa shape index (κ2) is 4.05. The van der Waals surface area contributed by atoms with Crippen LogP contribution in [0.25, 0.3) is 0 Å². The fourth-order valence-electron chi connectivity index (χ4n) is 0.873. The van der Waals surface area contributed by atoms with Gasteiger partial charge in [-0.15, -0.1) is 0 Å². The molecule has 0 amide bonds. The Labute approximate surface area is 86.9 Å². The van der Waals surface area contributed by atoms with Gasteiger partial charge in [0.15, 0.2) is 0 Å². The van der Waals surface area contributed by atoms with Crippen molar-refractivity contribution in [2.75, 3.05) is 0 Å². The second-order valence-electron chi connectivity index (χ2n) is 2.18. The summed E-state index contributed by atoms with van der Waals surface area (Å²) in [7, 11) is 0. The van der Waals surface area contributed by atoms with E-state index in [4.69, 9.17) is 0 Å². The van der Waals surface area contributed by atoms with Gasteiger partial charge in [0, 0.05) is 0 Å². The normalized spacial score (nSPS) is 10.2. The summed E-state index contributed by atoms with van der Waals surface area (Å²) in [5, 5.41) is 10.6. The zero-order chi connectivity index (χ0) is 9.14. The van der Waals surface area contributed by atoms with Crippen molar-refractivity contribution < 1.29 is 9.90 Å². The highest BCUT2D eigenvalue weighted by molar-refractivity contribution is 9.24. The van der Waals surface area contributed by atoms with Crippen LogP contribution in [0.2, 0.25) is 0 Å². The first kappa shape index (κ1) is 9.74. The van der Waals surface area contributed by atoms with Gasteiger partial charge in [0.2, 0.25) is 0 Å². The number of alkyl halides is 2. The third-order valence-corrected chi connectivity index (χ3v) is 2.40. The van der Waals surface area contributed by atoms with Crippen LogP contribution in [0.5, 0.6) is 0 Å². The molecular formula is C8H5Br2O2. The van der Waals surface area contributed by atoms with Crippen molar-refractivity contribution in [3.05, 3.63) is 35.4 Å². The van der Waals surface area contributed by atoms with Gasteiger partial charge in [0.05, 0.1) is 9.30 Å². The Bertz CT molecular complexity index is 297. The van der Waals surface area contributed by atoms with E-state index in [2.05, 4.69) is 31.9 Å². The number of hydrogen-bond donors (Lipinski definition) is 0. The molecule has 0 spiro atoms. The summed E-state index contributed by atoms with van der Waals surface area (Å²) in [4.78, 5) is 10.6. The van der Waals surface area contributed by atoms with E-state index >= 15 is 0 Å². The predicted molar refractivity (Wildman–Crippen MR) is 52.1 cm³/mol. The van der Waals surface area contributed by atoms with Crippen molar-refractivity contribution in [1.82, 2.24) is 0 Å². The SMILES string of the molecule is [O]C(=O)c1ccccc1C(Br)Br. The van der Waals surface area contributed by atoms with Crippen molar-refractivity contribution in [2.45, 2.75) is 3.74 Å². The highest BCUT2D eigenvalue weighted by Crippen LogP contribution is 2.31. The molecule has 0 atom stereocenters. The van der Waals surface area contributed by atoms with Crippen LogP contribution in [0.15, 0.2) is 24.3 Å². The second-order valence-corrected chi connectivity index (χ2v) is 5.24. The van der Waals surface area contributed by atoms with E-state index in [0.717, 1.165) is 0 Å². The summed E-state index contributed by atoms with van der Waals surface area (Å²) in [5.74, 6) is -1.16. The number of halogens is 2. The van der Waals surface area contributed by atoms with Crippen LogP contribution in [0.3, 0.4) is 0 Å². The van der Waals surface area contributed by atoms with Gasteiger partial charge in [0.1, 0.15) is 0 Å². The fraction of sp³-hybridized carbons (Fsp3) is 0.125. The predicted octanol–water partition coefficient (Wildman–Crippen LogP) is 3.05. The van der Waals surface area contributed by atoms with Crippen molar-refractivity contribution >= 4 is 37.8 Å². The average Bonchev–Trinajstić information content (AvgIpc) is 2.04. The Hall–Kier alpha value is -0.350. The minimum absolute atomic E-state index is 0.154. The lowest BCUT2D eigenvalue weighted by Gasteiger charge is -2.04. The molecule has 4 heteroatoms. The van der Waals surface area contributed by atoms with E-state index < -0.39 is 5.97 Å². The molecule has 0 N–H and O–H groups in total. The lowest BCUT2D eigenvalue weighted by Crippen LogP contribution is -1.99. The number of carbonyl (C=O) groups excluding carboxylic acids is 1. The number of benzene rings is 1. The minimum atomic E-state index is -1.16. The molecule has 0 fully saturated rings. The molecule has 0 unspecified atom stereocenters. The van der Waals surface area contributed by atoms with Gasteiger partial charge in [-0.25, -0.2) is 9.90 Å². The molecule has 0 aromatic heterocycles. The third kappa shape index (κ3) is 2.08. The van der Waals surface area contributed by atoms with E-state index in [1.165, 1.54) is 6.07 Å². The first-order valence-corrected chi connectivity index (χ1v) is 5.04. The standard InChI is InChI=1S/C8H5Br2O2/c9-7(10)5-3-1-2-4-6(5)8(11)12/h1-4,7H. The molecule has 0 saturated carbocycles. The lowest BCUT2D eigenvalue weighted by atomic mass is 10.1. The van der Waals surface area contributed by atoms with Gasteiger partial charge in [-0.05, 0) is 11.6 Å². The van der Waals surface area contributed by atoms with Gasteiger partial charge in [-0.1, -0.05) is 50.1 Å². The van der Waals surface area contributed by atoms with E-state index in [0.29, 0.717) is 5.56 Å². The topological polar surface area (TPSA) is 37.0 Å². The van der Waals surface area contributed by atoms with Gasteiger partial charge < -0.3 is 0 Å². The van der Waals surface area contributed by atoms with E-state index in [9.17, 15) is 9.90 Å². The van der Waals surface area contributed by atoms with Crippen LogP contribution in [0, 0.1) is 0 Å². The smallest absolute Gasteiger partial charge is 0.241 e. The summed E-state index contributed by atoms with van der Waals surface area (Å²) in [6.45, 7) is 0. The first-order chi connectivity index (χ1) is 5.63. The van der Waals surface area contributed by atoms with Crippen LogP contribution < -0.4 is 0 Å². The monoisotopic (exact) mass is 291 g/mol. The van der Waals surface area contributed by atoms with Crippen LogP contribution >= 0.6 is 31.9 Å². The Balaban J connectivity index is 3.17. The number of carbonyl (C=O) groups is 1. The molecule has 1 radical (unpaired) electrons. The van der Waals surface area contributed by atoms with Crippen molar-refractivity contribution in [1.29, 1.82) is 0 Å². The quantitative estimate of drug-likeness (QED) is 0.772. The maximum Gasteiger partial charge on any atom is 0.386 e. The summed E-state index contributed by atoms with van der Waals surface area (Å²) >= 11 is 6.45. The molecule has 0 heterocycles. The Morgan fingerprint density at radius 1 is 1.25 bits per heavy atom. The van der Waals surface area contributed by atoms with Crippen molar-refractivity contribution in [3.8, 4) is 0 Å². The first-order valence-electron chi connectivity index (χ1n) is 3.21. The molecule has 0 bridgehead atoms. The van der Waals surface area contributed by atoms with Crippen LogP contribution in [0.4, 0.5) is 0 Å². The maximum absolute atomic E-state index is 10.6. The highest BCUT2D eigenvalue weighted by atomic mass is 79.9. The average molecular weight is 293 g/mol. The van der Waals surface area contributed by atoms with Crippen molar-refractivity contribution in [3.63, 3.8) is 0 Å². The molecular weight excluding hydrogens is 288 g/mol. The van der Waals surface area contributed by atoms with Gasteiger partial charge in [-0.3, -0.25) is 0 Å². The molecule has 0 aliphatic carbocycles. The Kier molecular flexibility index (Phi) is 3.29. The largest absolute Gasteiger partial charge is 0.386 e. The fourth-order valence-corrected chi connectivity index (χ4v) is 1.67. The Morgan fingerprint density at radius 2 is 1.83 bits per heavy atom. The lowest BCUT2D eigenvalue weighted by molar-refractivity contribution is 0.0572. The summed E-state index contributed by atoms with van der Waals surface area (Å²) in [6, 6.07) is 6.67. The molecule has 63 valence electrons. The van der Waals surface area contributed by atoms with Crippen LogP contribution in [-0.2, 0) is 5.11 Å². The zero-order valence-corrected chi connectivity index (χ0v) is 9.13. The van der Waals surface area contributed by atoms with Crippen LogP contribution in [0.1, 0.15) is 19.7 Å². The highest BCUT2D eigenvalue weighted by Gasteiger charge is 2.14. The molecule has 12 heavy (non-hydrogen) atoms. The van der Waals surface area contributed by atoms with E-state index in [1.54, 1.807) is 18.2 Å². The molecule has 1 aromatic carbocycles.